The van der Waals surface area contributed by atoms with Crippen molar-refractivity contribution in [1.29, 1.82) is 0 Å². The second kappa shape index (κ2) is 6.40. The summed E-state index contributed by atoms with van der Waals surface area (Å²) < 4.78 is 5.36. The molecule has 1 aromatic carbocycles. The van der Waals surface area contributed by atoms with E-state index in [4.69, 9.17) is 9.84 Å². The predicted octanol–water partition coefficient (Wildman–Crippen LogP) is 1.86. The lowest BCUT2D eigenvalue weighted by Crippen LogP contribution is -2.44. The van der Waals surface area contributed by atoms with Crippen molar-refractivity contribution in [2.45, 2.75) is 39.3 Å². The number of carbonyl (C=O) groups excluding carboxylic acids is 1. The maximum atomic E-state index is 11.6. The Kier molecular flexibility index (Phi) is 5.16. The van der Waals surface area contributed by atoms with E-state index in [1.807, 2.05) is 20.8 Å². The molecular formula is C14H21NO3. The molecule has 100 valence electrons. The molecule has 0 heterocycles. The molecule has 0 fully saturated rings. The monoisotopic (exact) mass is 251 g/mol. The van der Waals surface area contributed by atoms with Gasteiger partial charge in [0.05, 0.1) is 6.61 Å². The molecule has 0 aliphatic heterocycles. The predicted molar refractivity (Wildman–Crippen MR) is 70.4 cm³/mol. The number of nitrogens with one attached hydrogen (secondary N) is 1. The van der Waals surface area contributed by atoms with Gasteiger partial charge in [0, 0.05) is 5.54 Å². The van der Waals surface area contributed by atoms with Gasteiger partial charge in [0.25, 0.3) is 5.91 Å². The van der Waals surface area contributed by atoms with Crippen molar-refractivity contribution in [3.8, 4) is 5.75 Å². The lowest BCUT2D eigenvalue weighted by atomic mass is 10.0. The first-order valence-electron chi connectivity index (χ1n) is 6.10. The van der Waals surface area contributed by atoms with Gasteiger partial charge in [0.15, 0.2) is 6.61 Å². The van der Waals surface area contributed by atoms with Crippen LogP contribution in [-0.4, -0.2) is 23.2 Å². The number of rotatable bonds is 6. The SMILES string of the molecule is CCC(C)(C)NC(=O)COc1ccc(CO)cc1. The highest BCUT2D eigenvalue weighted by Gasteiger charge is 2.17. The molecule has 0 bridgehead atoms. The molecule has 0 saturated carbocycles. The minimum Gasteiger partial charge on any atom is -0.484 e. The maximum absolute atomic E-state index is 11.6. The largest absolute Gasteiger partial charge is 0.484 e. The zero-order valence-corrected chi connectivity index (χ0v) is 11.2. The lowest BCUT2D eigenvalue weighted by Gasteiger charge is -2.24. The van der Waals surface area contributed by atoms with E-state index in [0.717, 1.165) is 12.0 Å². The number of aliphatic hydroxyl groups excluding tert-OH is 1. The molecule has 0 radical (unpaired) electrons. The van der Waals surface area contributed by atoms with Crippen LogP contribution in [0.5, 0.6) is 5.75 Å². The first-order chi connectivity index (χ1) is 8.46. The molecule has 0 aliphatic carbocycles. The second-order valence-electron chi connectivity index (χ2n) is 4.88. The molecule has 1 aromatic rings. The number of amides is 1. The van der Waals surface area contributed by atoms with Crippen molar-refractivity contribution < 1.29 is 14.6 Å². The van der Waals surface area contributed by atoms with E-state index < -0.39 is 0 Å². The van der Waals surface area contributed by atoms with Crippen LogP contribution in [-0.2, 0) is 11.4 Å². The molecule has 0 aromatic heterocycles. The molecule has 4 nitrogen and oxygen atoms in total. The van der Waals surface area contributed by atoms with Gasteiger partial charge < -0.3 is 15.2 Å². The van der Waals surface area contributed by atoms with Gasteiger partial charge in [0.2, 0.25) is 0 Å². The van der Waals surface area contributed by atoms with Crippen LogP contribution in [0.1, 0.15) is 32.8 Å². The quantitative estimate of drug-likeness (QED) is 0.811. The maximum Gasteiger partial charge on any atom is 0.258 e. The molecule has 1 rings (SSSR count). The molecule has 0 spiro atoms. The Morgan fingerprint density at radius 1 is 1.33 bits per heavy atom. The van der Waals surface area contributed by atoms with E-state index >= 15 is 0 Å². The Morgan fingerprint density at radius 2 is 1.94 bits per heavy atom. The molecule has 1 amide bonds. The smallest absolute Gasteiger partial charge is 0.258 e. The van der Waals surface area contributed by atoms with Gasteiger partial charge in [-0.25, -0.2) is 0 Å². The fourth-order valence-corrected chi connectivity index (χ4v) is 1.34. The number of aliphatic hydroxyl groups is 1. The Labute approximate surface area is 108 Å². The number of hydrogen-bond donors (Lipinski definition) is 2. The summed E-state index contributed by atoms with van der Waals surface area (Å²) in [7, 11) is 0. The first kappa shape index (κ1) is 14.5. The van der Waals surface area contributed by atoms with Crippen LogP contribution >= 0.6 is 0 Å². The summed E-state index contributed by atoms with van der Waals surface area (Å²) in [6, 6.07) is 7.01. The van der Waals surface area contributed by atoms with Crippen LogP contribution in [0.15, 0.2) is 24.3 Å². The van der Waals surface area contributed by atoms with E-state index in [0.29, 0.717) is 5.75 Å². The average molecular weight is 251 g/mol. The van der Waals surface area contributed by atoms with Crippen molar-refractivity contribution in [2.24, 2.45) is 0 Å². The third kappa shape index (κ3) is 4.75. The van der Waals surface area contributed by atoms with Crippen molar-refractivity contribution >= 4 is 5.91 Å². The van der Waals surface area contributed by atoms with Crippen LogP contribution in [0.2, 0.25) is 0 Å². The summed E-state index contributed by atoms with van der Waals surface area (Å²) in [4.78, 5) is 11.6. The molecular weight excluding hydrogens is 230 g/mol. The average Bonchev–Trinajstić information content (AvgIpc) is 2.36. The van der Waals surface area contributed by atoms with E-state index in [1.54, 1.807) is 24.3 Å². The Hall–Kier alpha value is -1.55. The molecule has 18 heavy (non-hydrogen) atoms. The van der Waals surface area contributed by atoms with Crippen LogP contribution in [0.4, 0.5) is 0 Å². The van der Waals surface area contributed by atoms with E-state index in [2.05, 4.69) is 5.32 Å². The second-order valence-corrected chi connectivity index (χ2v) is 4.88. The molecule has 2 N–H and O–H groups in total. The third-order valence-electron chi connectivity index (χ3n) is 2.84. The molecule has 0 saturated heterocycles. The zero-order chi connectivity index (χ0) is 13.6. The van der Waals surface area contributed by atoms with Crippen LogP contribution in [0.25, 0.3) is 0 Å². The highest BCUT2D eigenvalue weighted by molar-refractivity contribution is 5.78. The summed E-state index contributed by atoms with van der Waals surface area (Å²) in [6.45, 7) is 5.98. The Balaban J connectivity index is 2.42. The number of hydrogen-bond acceptors (Lipinski definition) is 3. The molecule has 0 aliphatic rings. The van der Waals surface area contributed by atoms with Crippen molar-refractivity contribution in [2.75, 3.05) is 6.61 Å². The first-order valence-corrected chi connectivity index (χ1v) is 6.10. The van der Waals surface area contributed by atoms with Crippen LogP contribution < -0.4 is 10.1 Å². The van der Waals surface area contributed by atoms with Gasteiger partial charge in [0.1, 0.15) is 5.75 Å². The summed E-state index contributed by atoms with van der Waals surface area (Å²) >= 11 is 0. The number of carbonyl (C=O) groups is 1. The summed E-state index contributed by atoms with van der Waals surface area (Å²) in [5, 5.41) is 11.8. The highest BCUT2D eigenvalue weighted by Crippen LogP contribution is 2.12. The summed E-state index contributed by atoms with van der Waals surface area (Å²) in [6.07, 6.45) is 0.865. The minimum absolute atomic E-state index is 0.00189. The van der Waals surface area contributed by atoms with Gasteiger partial charge in [-0.05, 0) is 38.0 Å². The Morgan fingerprint density at radius 3 is 2.44 bits per heavy atom. The fourth-order valence-electron chi connectivity index (χ4n) is 1.34. The third-order valence-corrected chi connectivity index (χ3v) is 2.84. The van der Waals surface area contributed by atoms with Crippen molar-refractivity contribution in [3.05, 3.63) is 29.8 Å². The standard InChI is InChI=1S/C14H21NO3/c1-4-14(2,3)15-13(17)10-18-12-7-5-11(9-16)6-8-12/h5-8,16H,4,9-10H2,1-3H3,(H,15,17). The highest BCUT2D eigenvalue weighted by atomic mass is 16.5. The van der Waals surface area contributed by atoms with Crippen LogP contribution in [0, 0.1) is 0 Å². The summed E-state index contributed by atoms with van der Waals surface area (Å²) in [5.41, 5.74) is 0.611. The zero-order valence-electron chi connectivity index (χ0n) is 11.2. The minimum atomic E-state index is -0.207. The summed E-state index contributed by atoms with van der Waals surface area (Å²) in [5.74, 6) is 0.490. The van der Waals surface area contributed by atoms with Gasteiger partial charge in [-0.3, -0.25) is 4.79 Å². The van der Waals surface area contributed by atoms with E-state index in [1.165, 1.54) is 0 Å². The van der Waals surface area contributed by atoms with Crippen molar-refractivity contribution in [1.82, 2.24) is 5.32 Å². The van der Waals surface area contributed by atoms with E-state index in [-0.39, 0.29) is 24.7 Å². The van der Waals surface area contributed by atoms with Crippen molar-refractivity contribution in [3.63, 3.8) is 0 Å². The van der Waals surface area contributed by atoms with Gasteiger partial charge in [-0.1, -0.05) is 19.1 Å². The van der Waals surface area contributed by atoms with Gasteiger partial charge in [-0.2, -0.15) is 0 Å². The molecule has 4 heteroatoms. The van der Waals surface area contributed by atoms with Crippen LogP contribution in [0.3, 0.4) is 0 Å². The Bertz CT molecular complexity index is 385. The molecule has 0 atom stereocenters. The lowest BCUT2D eigenvalue weighted by molar-refractivity contribution is -0.124. The number of ether oxygens (including phenoxy) is 1. The molecule has 0 unspecified atom stereocenters. The normalized spacial score (nSPS) is 11.1. The van der Waals surface area contributed by atoms with E-state index in [9.17, 15) is 4.79 Å². The number of benzene rings is 1. The van der Waals surface area contributed by atoms with Gasteiger partial charge >= 0.3 is 0 Å². The topological polar surface area (TPSA) is 58.6 Å². The fraction of sp³-hybridized carbons (Fsp3) is 0.500. The van der Waals surface area contributed by atoms with Gasteiger partial charge in [-0.15, -0.1) is 0 Å².